The number of Topliss-reactive ketones (excluding diaryl/α,β-unsaturated/α-hetero) is 1. The first-order valence-corrected chi connectivity index (χ1v) is 11.4. The van der Waals surface area contributed by atoms with Gasteiger partial charge in [0.25, 0.3) is 0 Å². The predicted molar refractivity (Wildman–Crippen MR) is 130 cm³/mol. The third-order valence-corrected chi connectivity index (χ3v) is 6.71. The van der Waals surface area contributed by atoms with E-state index >= 15 is 0 Å². The first kappa shape index (κ1) is 24.6. The molecule has 1 saturated heterocycles. The smallest absolute Gasteiger partial charge is 0.329 e. The van der Waals surface area contributed by atoms with Crippen LogP contribution in [0.4, 0.5) is 0 Å². The molecule has 36 heavy (non-hydrogen) atoms. The van der Waals surface area contributed by atoms with Crippen LogP contribution in [-0.4, -0.2) is 49.6 Å². The molecule has 2 heterocycles. The molecular formula is C28H25N3O5. The van der Waals surface area contributed by atoms with Crippen molar-refractivity contribution >= 4 is 11.8 Å². The van der Waals surface area contributed by atoms with E-state index < -0.39 is 29.4 Å². The number of carbonyl (C=O) groups is 2. The average Bonchev–Trinajstić information content (AvgIpc) is 3.23. The first-order chi connectivity index (χ1) is 17.4. The lowest BCUT2D eigenvalue weighted by atomic mass is 9.68. The minimum Gasteiger partial charge on any atom is -0.497 e. The van der Waals surface area contributed by atoms with Crippen molar-refractivity contribution in [2.75, 3.05) is 20.8 Å². The maximum Gasteiger partial charge on any atom is 0.329 e. The molecule has 182 valence electrons. The highest BCUT2D eigenvalue weighted by Crippen LogP contribution is 2.54. The summed E-state index contributed by atoms with van der Waals surface area (Å²) in [7, 11) is 3.07. The van der Waals surface area contributed by atoms with Gasteiger partial charge in [0.05, 0.1) is 38.5 Å². The van der Waals surface area contributed by atoms with Crippen molar-refractivity contribution < 1.29 is 23.8 Å². The van der Waals surface area contributed by atoms with Gasteiger partial charge in [-0.25, -0.2) is 0 Å². The van der Waals surface area contributed by atoms with Gasteiger partial charge < -0.3 is 19.1 Å². The molecule has 4 atom stereocenters. The van der Waals surface area contributed by atoms with Crippen molar-refractivity contribution in [1.82, 2.24) is 4.90 Å². The summed E-state index contributed by atoms with van der Waals surface area (Å²) >= 11 is 0. The van der Waals surface area contributed by atoms with Crippen LogP contribution in [-0.2, 0) is 9.53 Å². The second-order valence-corrected chi connectivity index (χ2v) is 8.44. The Bertz CT molecular complexity index is 1300. The summed E-state index contributed by atoms with van der Waals surface area (Å²) in [5.41, 5.74) is -0.445. The molecule has 8 heteroatoms. The maximum absolute atomic E-state index is 14.1. The van der Waals surface area contributed by atoms with Crippen molar-refractivity contribution in [3.63, 3.8) is 0 Å². The molecule has 1 unspecified atom stereocenters. The Kier molecular flexibility index (Phi) is 6.80. The molecule has 8 nitrogen and oxygen atoms in total. The van der Waals surface area contributed by atoms with E-state index in [1.165, 1.54) is 14.2 Å². The Hall–Kier alpha value is -4.56. The van der Waals surface area contributed by atoms with Crippen LogP contribution in [0.1, 0.15) is 28.8 Å². The molecule has 4 rings (SSSR count). The summed E-state index contributed by atoms with van der Waals surface area (Å²) in [5.74, 6) is -0.725. The van der Waals surface area contributed by atoms with Gasteiger partial charge in [-0.2, -0.15) is 10.5 Å². The summed E-state index contributed by atoms with van der Waals surface area (Å²) in [5, 5.41) is 20.2. The van der Waals surface area contributed by atoms with Crippen molar-refractivity contribution in [2.24, 2.45) is 5.41 Å². The van der Waals surface area contributed by atoms with Gasteiger partial charge in [-0.1, -0.05) is 18.2 Å². The average molecular weight is 484 g/mol. The molecule has 2 aromatic carbocycles. The molecular weight excluding hydrogens is 458 g/mol. The van der Waals surface area contributed by atoms with Crippen LogP contribution in [0, 0.1) is 28.1 Å². The second kappa shape index (κ2) is 9.97. The molecule has 0 amide bonds. The van der Waals surface area contributed by atoms with Crippen molar-refractivity contribution in [1.29, 1.82) is 10.5 Å². The molecule has 0 N–H and O–H groups in total. The number of nitrogens with zero attached hydrogens (tertiary/aromatic N) is 3. The van der Waals surface area contributed by atoms with E-state index in [-0.39, 0.29) is 12.4 Å². The third-order valence-electron chi connectivity index (χ3n) is 6.71. The fourth-order valence-electron chi connectivity index (χ4n) is 5.04. The zero-order valence-electron chi connectivity index (χ0n) is 20.2. The summed E-state index contributed by atoms with van der Waals surface area (Å²) < 4.78 is 15.9. The molecule has 1 fully saturated rings. The fourth-order valence-corrected chi connectivity index (χ4v) is 5.04. The van der Waals surface area contributed by atoms with Crippen LogP contribution in [0.3, 0.4) is 0 Å². The maximum atomic E-state index is 14.1. The number of nitriles is 2. The lowest BCUT2D eigenvalue weighted by molar-refractivity contribution is -0.153. The van der Waals surface area contributed by atoms with Gasteiger partial charge >= 0.3 is 5.97 Å². The van der Waals surface area contributed by atoms with Crippen LogP contribution in [0.25, 0.3) is 0 Å². The number of rotatable bonds is 7. The molecule has 0 aromatic heterocycles. The third kappa shape index (κ3) is 3.87. The number of benzene rings is 2. The first-order valence-electron chi connectivity index (χ1n) is 11.4. The second-order valence-electron chi connectivity index (χ2n) is 8.44. The molecule has 2 aliphatic heterocycles. The number of fused-ring (bicyclic) bond motifs is 1. The Morgan fingerprint density at radius 1 is 1.00 bits per heavy atom. The van der Waals surface area contributed by atoms with E-state index in [4.69, 9.17) is 14.2 Å². The number of hydrogen-bond acceptors (Lipinski definition) is 8. The number of ether oxygens (including phenoxy) is 3. The van der Waals surface area contributed by atoms with E-state index in [9.17, 15) is 20.1 Å². The SMILES string of the molecule is CCOC(=O)[C@@]1(C#N)C2C=CC(C#N)=CN2[C@@H](C(=O)c2ccc(OC)cc2)[C@@H]1c1ccc(OC)cc1. The van der Waals surface area contributed by atoms with Gasteiger partial charge in [-0.3, -0.25) is 9.59 Å². The number of methoxy groups -OCH3 is 2. The Balaban J connectivity index is 1.96. The van der Waals surface area contributed by atoms with E-state index in [0.29, 0.717) is 28.2 Å². The standard InChI is InChI=1S/C28H25N3O5/c1-4-36-27(33)28(17-30)23-14-5-18(15-29)16-31(23)25(24(28)19-6-10-21(34-2)11-7-19)26(32)20-8-12-22(35-3)13-9-20/h5-14,16,23-25H,4H2,1-3H3/t23?,24-,25+,28-/m0/s1. The summed E-state index contributed by atoms with van der Waals surface area (Å²) in [6.07, 6.45) is 4.75. The summed E-state index contributed by atoms with van der Waals surface area (Å²) in [6, 6.07) is 16.1. The topological polar surface area (TPSA) is 113 Å². The summed E-state index contributed by atoms with van der Waals surface area (Å²) in [6.45, 7) is 1.74. The lowest BCUT2D eigenvalue weighted by Gasteiger charge is -2.32. The normalized spacial score (nSPS) is 24.1. The van der Waals surface area contributed by atoms with Gasteiger partial charge in [-0.15, -0.1) is 0 Å². The summed E-state index contributed by atoms with van der Waals surface area (Å²) in [4.78, 5) is 29.3. The molecule has 0 bridgehead atoms. The van der Waals surface area contributed by atoms with Crippen molar-refractivity contribution in [2.45, 2.75) is 24.9 Å². The van der Waals surface area contributed by atoms with Gasteiger partial charge in [0.2, 0.25) is 0 Å². The van der Waals surface area contributed by atoms with Crippen molar-refractivity contribution in [3.05, 3.63) is 83.6 Å². The number of allylic oxidation sites excluding steroid dienone is 2. The van der Waals surface area contributed by atoms with Crippen LogP contribution >= 0.6 is 0 Å². The minimum atomic E-state index is -1.74. The van der Waals surface area contributed by atoms with Gasteiger partial charge in [-0.05, 0) is 55.0 Å². The van der Waals surface area contributed by atoms with Gasteiger partial charge in [0.15, 0.2) is 11.2 Å². The molecule has 2 aromatic rings. The van der Waals surface area contributed by atoms with Crippen molar-refractivity contribution in [3.8, 4) is 23.6 Å². The number of hydrogen-bond donors (Lipinski definition) is 0. The highest BCUT2D eigenvalue weighted by molar-refractivity contribution is 6.03. The van der Waals surface area contributed by atoms with E-state index in [0.717, 1.165) is 0 Å². The Labute approximate surface area is 209 Å². The van der Waals surface area contributed by atoms with Crippen LogP contribution in [0.5, 0.6) is 11.5 Å². The van der Waals surface area contributed by atoms with E-state index in [1.54, 1.807) is 78.7 Å². The van der Waals surface area contributed by atoms with Crippen LogP contribution < -0.4 is 9.47 Å². The van der Waals surface area contributed by atoms with Crippen LogP contribution in [0.15, 0.2) is 72.5 Å². The minimum absolute atomic E-state index is 0.0738. The molecule has 2 aliphatic rings. The van der Waals surface area contributed by atoms with Gasteiger partial charge in [0, 0.05) is 17.7 Å². The highest BCUT2D eigenvalue weighted by atomic mass is 16.5. The Morgan fingerprint density at radius 3 is 2.14 bits per heavy atom. The van der Waals surface area contributed by atoms with E-state index in [2.05, 4.69) is 12.1 Å². The molecule has 0 aliphatic carbocycles. The predicted octanol–water partition coefficient (Wildman–Crippen LogP) is 3.77. The lowest BCUT2D eigenvalue weighted by Crippen LogP contribution is -2.45. The largest absolute Gasteiger partial charge is 0.497 e. The van der Waals surface area contributed by atoms with Crippen LogP contribution in [0.2, 0.25) is 0 Å². The monoisotopic (exact) mass is 483 g/mol. The number of esters is 1. The molecule has 0 saturated carbocycles. The van der Waals surface area contributed by atoms with E-state index in [1.807, 2.05) is 0 Å². The zero-order valence-corrected chi connectivity index (χ0v) is 20.2. The fraction of sp³-hybridized carbons (Fsp3) is 0.286. The quantitative estimate of drug-likeness (QED) is 0.432. The zero-order chi connectivity index (χ0) is 25.9. The molecule has 0 spiro atoms. The number of carbonyl (C=O) groups excluding carboxylic acids is 2. The Morgan fingerprint density at radius 2 is 1.61 bits per heavy atom. The van der Waals surface area contributed by atoms with Gasteiger partial charge in [0.1, 0.15) is 23.6 Å². The molecule has 0 radical (unpaired) electrons. The highest BCUT2D eigenvalue weighted by Gasteiger charge is 2.66. The number of ketones is 1.